The second kappa shape index (κ2) is 7.72. The van der Waals surface area contributed by atoms with Crippen LogP contribution in [0.2, 0.25) is 0 Å². The first-order valence-corrected chi connectivity index (χ1v) is 9.45. The summed E-state index contributed by atoms with van der Waals surface area (Å²) in [6.45, 7) is 5.24. The average Bonchev–Trinajstić information content (AvgIpc) is 3.24. The Labute approximate surface area is 154 Å². The topological polar surface area (TPSA) is 52.6 Å². The zero-order valence-electron chi connectivity index (χ0n) is 15.0. The van der Waals surface area contributed by atoms with Gasteiger partial charge in [-0.1, -0.05) is 30.3 Å². The van der Waals surface area contributed by atoms with E-state index in [-0.39, 0.29) is 5.91 Å². The van der Waals surface area contributed by atoms with E-state index in [1.165, 1.54) is 12.8 Å². The van der Waals surface area contributed by atoms with Crippen LogP contribution in [0.3, 0.4) is 0 Å². The van der Waals surface area contributed by atoms with Crippen molar-refractivity contribution in [3.8, 4) is 0 Å². The van der Waals surface area contributed by atoms with Crippen LogP contribution in [0.25, 0.3) is 0 Å². The quantitative estimate of drug-likeness (QED) is 0.843. The van der Waals surface area contributed by atoms with Crippen LogP contribution in [-0.4, -0.2) is 60.3 Å². The molecule has 2 aliphatic heterocycles. The van der Waals surface area contributed by atoms with Crippen LogP contribution in [0.1, 0.15) is 18.4 Å². The van der Waals surface area contributed by atoms with Gasteiger partial charge in [0.25, 0.3) is 0 Å². The molecule has 26 heavy (non-hydrogen) atoms. The van der Waals surface area contributed by atoms with E-state index in [2.05, 4.69) is 32.1 Å². The lowest BCUT2D eigenvalue weighted by Crippen LogP contribution is -2.49. The van der Waals surface area contributed by atoms with Gasteiger partial charge in [-0.25, -0.2) is 0 Å². The minimum atomic E-state index is 0.200. The van der Waals surface area contributed by atoms with Crippen molar-refractivity contribution in [2.45, 2.75) is 19.3 Å². The van der Waals surface area contributed by atoms with E-state index in [4.69, 9.17) is 0 Å². The van der Waals surface area contributed by atoms with Gasteiger partial charge in [-0.15, -0.1) is 10.2 Å². The normalized spacial score (nSPS) is 17.6. The maximum Gasteiger partial charge on any atom is 0.227 e. The third-order valence-electron chi connectivity index (χ3n) is 5.22. The second-order valence-electron chi connectivity index (χ2n) is 6.97. The minimum Gasteiger partial charge on any atom is -0.355 e. The lowest BCUT2D eigenvalue weighted by molar-refractivity contribution is -0.130. The number of carbonyl (C=O) groups excluding carboxylic acids is 1. The number of nitrogens with zero attached hydrogens (tertiary/aromatic N) is 5. The van der Waals surface area contributed by atoms with Gasteiger partial charge >= 0.3 is 0 Å². The van der Waals surface area contributed by atoms with E-state index in [1.807, 2.05) is 35.2 Å². The van der Waals surface area contributed by atoms with Gasteiger partial charge in [-0.3, -0.25) is 4.79 Å². The SMILES string of the molecule is O=C(Cc1ccccc1)N1CCN(c2ccc(N3CCCC3)nn2)CC1. The standard InChI is InChI=1S/C20H25N5O/c26-20(16-17-6-2-1-3-7-17)25-14-12-24(13-15-25)19-9-8-18(21-22-19)23-10-4-5-11-23/h1-3,6-9H,4-5,10-16H2. The highest BCUT2D eigenvalue weighted by Gasteiger charge is 2.22. The molecule has 0 bridgehead atoms. The van der Waals surface area contributed by atoms with E-state index in [1.54, 1.807) is 0 Å². The van der Waals surface area contributed by atoms with Crippen LogP contribution in [0.5, 0.6) is 0 Å². The molecule has 0 spiro atoms. The van der Waals surface area contributed by atoms with E-state index >= 15 is 0 Å². The number of carbonyl (C=O) groups is 1. The first-order valence-electron chi connectivity index (χ1n) is 9.45. The van der Waals surface area contributed by atoms with Crippen molar-refractivity contribution in [1.82, 2.24) is 15.1 Å². The van der Waals surface area contributed by atoms with Crippen LogP contribution in [-0.2, 0) is 11.2 Å². The van der Waals surface area contributed by atoms with Crippen LogP contribution in [0.4, 0.5) is 11.6 Å². The van der Waals surface area contributed by atoms with Gasteiger partial charge in [0.05, 0.1) is 6.42 Å². The van der Waals surface area contributed by atoms with Gasteiger partial charge in [0.15, 0.2) is 11.6 Å². The molecule has 2 aliphatic rings. The van der Waals surface area contributed by atoms with E-state index in [0.717, 1.165) is 56.5 Å². The van der Waals surface area contributed by atoms with Crippen LogP contribution in [0.15, 0.2) is 42.5 Å². The van der Waals surface area contributed by atoms with Gasteiger partial charge in [0.1, 0.15) is 0 Å². The number of piperazine rings is 1. The van der Waals surface area contributed by atoms with Gasteiger partial charge in [0.2, 0.25) is 5.91 Å². The number of aromatic nitrogens is 2. The molecule has 1 aromatic carbocycles. The third kappa shape index (κ3) is 3.79. The van der Waals surface area contributed by atoms with Gasteiger partial charge in [-0.2, -0.15) is 0 Å². The molecule has 0 saturated carbocycles. The minimum absolute atomic E-state index is 0.200. The Balaban J connectivity index is 1.31. The fourth-order valence-electron chi connectivity index (χ4n) is 3.67. The second-order valence-corrected chi connectivity index (χ2v) is 6.97. The molecule has 136 valence electrons. The highest BCUT2D eigenvalue weighted by molar-refractivity contribution is 5.79. The summed E-state index contributed by atoms with van der Waals surface area (Å²) < 4.78 is 0. The number of amides is 1. The summed E-state index contributed by atoms with van der Waals surface area (Å²) in [5.74, 6) is 2.08. The van der Waals surface area contributed by atoms with Crippen molar-refractivity contribution in [2.75, 3.05) is 49.1 Å². The summed E-state index contributed by atoms with van der Waals surface area (Å²) in [7, 11) is 0. The summed E-state index contributed by atoms with van der Waals surface area (Å²) in [4.78, 5) is 18.9. The van der Waals surface area contributed by atoms with Crippen molar-refractivity contribution >= 4 is 17.5 Å². The predicted molar refractivity (Wildman–Crippen MR) is 102 cm³/mol. The van der Waals surface area contributed by atoms with Crippen LogP contribution in [0, 0.1) is 0 Å². The van der Waals surface area contributed by atoms with Crippen molar-refractivity contribution in [1.29, 1.82) is 0 Å². The summed E-state index contributed by atoms with van der Waals surface area (Å²) in [5, 5.41) is 8.81. The Morgan fingerprint density at radius 2 is 1.35 bits per heavy atom. The lowest BCUT2D eigenvalue weighted by atomic mass is 10.1. The van der Waals surface area contributed by atoms with Crippen LogP contribution < -0.4 is 9.80 Å². The Hall–Kier alpha value is -2.63. The van der Waals surface area contributed by atoms with Gasteiger partial charge < -0.3 is 14.7 Å². The number of anilines is 2. The molecular formula is C20H25N5O. The lowest BCUT2D eigenvalue weighted by Gasteiger charge is -2.35. The molecular weight excluding hydrogens is 326 g/mol. The Bertz CT molecular complexity index is 720. The summed E-state index contributed by atoms with van der Waals surface area (Å²) >= 11 is 0. The Kier molecular flexibility index (Phi) is 5.00. The fraction of sp³-hybridized carbons (Fsp3) is 0.450. The van der Waals surface area contributed by atoms with Crippen LogP contribution >= 0.6 is 0 Å². The number of hydrogen-bond donors (Lipinski definition) is 0. The Morgan fingerprint density at radius 1 is 0.769 bits per heavy atom. The molecule has 1 amide bonds. The molecule has 2 aromatic rings. The monoisotopic (exact) mass is 351 g/mol. The van der Waals surface area contributed by atoms with E-state index in [9.17, 15) is 4.79 Å². The number of benzene rings is 1. The van der Waals surface area contributed by atoms with E-state index < -0.39 is 0 Å². The average molecular weight is 351 g/mol. The largest absolute Gasteiger partial charge is 0.355 e. The molecule has 0 radical (unpaired) electrons. The molecule has 0 unspecified atom stereocenters. The molecule has 0 atom stereocenters. The zero-order valence-corrected chi connectivity index (χ0v) is 15.0. The summed E-state index contributed by atoms with van der Waals surface area (Å²) in [6, 6.07) is 14.1. The summed E-state index contributed by atoms with van der Waals surface area (Å²) in [6.07, 6.45) is 2.95. The molecule has 0 aliphatic carbocycles. The number of rotatable bonds is 4. The summed E-state index contributed by atoms with van der Waals surface area (Å²) in [5.41, 5.74) is 1.07. The van der Waals surface area contributed by atoms with Gasteiger partial charge in [-0.05, 0) is 30.5 Å². The highest BCUT2D eigenvalue weighted by Crippen LogP contribution is 2.20. The maximum atomic E-state index is 12.5. The van der Waals surface area contributed by atoms with Gasteiger partial charge in [0, 0.05) is 39.3 Å². The molecule has 4 rings (SSSR count). The molecule has 3 heterocycles. The van der Waals surface area contributed by atoms with Crippen molar-refractivity contribution in [3.63, 3.8) is 0 Å². The maximum absolute atomic E-state index is 12.5. The van der Waals surface area contributed by atoms with E-state index in [0.29, 0.717) is 6.42 Å². The number of hydrogen-bond acceptors (Lipinski definition) is 5. The third-order valence-corrected chi connectivity index (χ3v) is 5.22. The highest BCUT2D eigenvalue weighted by atomic mass is 16.2. The molecule has 2 saturated heterocycles. The molecule has 2 fully saturated rings. The molecule has 0 N–H and O–H groups in total. The van der Waals surface area contributed by atoms with Crippen molar-refractivity contribution in [3.05, 3.63) is 48.0 Å². The first-order chi connectivity index (χ1) is 12.8. The zero-order chi connectivity index (χ0) is 17.8. The smallest absolute Gasteiger partial charge is 0.227 e. The molecule has 6 heteroatoms. The van der Waals surface area contributed by atoms with Crippen molar-refractivity contribution < 1.29 is 4.79 Å². The first kappa shape index (κ1) is 16.8. The fourth-order valence-corrected chi connectivity index (χ4v) is 3.67. The predicted octanol–water partition coefficient (Wildman–Crippen LogP) is 1.97. The van der Waals surface area contributed by atoms with Crippen molar-refractivity contribution in [2.24, 2.45) is 0 Å². The molecule has 6 nitrogen and oxygen atoms in total. The molecule has 1 aromatic heterocycles. The Morgan fingerprint density at radius 3 is 1.92 bits per heavy atom.